The number of nitrogens with one attached hydrogen (secondary N) is 1. The van der Waals surface area contributed by atoms with Crippen LogP contribution < -0.4 is 5.56 Å². The van der Waals surface area contributed by atoms with E-state index in [0.29, 0.717) is 10.9 Å². The van der Waals surface area contributed by atoms with Crippen LogP contribution in [0, 0.1) is 11.6 Å². The summed E-state index contributed by atoms with van der Waals surface area (Å²) in [5.41, 5.74) is -0.156. The lowest BCUT2D eigenvalue weighted by Gasteiger charge is -2.13. The molecule has 2 aromatic carbocycles. The molecule has 0 aliphatic rings. The maximum absolute atomic E-state index is 13.3. The van der Waals surface area contributed by atoms with Crippen LogP contribution in [0.25, 0.3) is 10.9 Å². The molecule has 0 saturated carbocycles. The first-order chi connectivity index (χ1) is 12.4. The molecule has 0 amide bonds. The van der Waals surface area contributed by atoms with E-state index in [4.69, 9.17) is 4.74 Å². The molecule has 1 unspecified atom stereocenters. The maximum atomic E-state index is 13.3. The molecular weight excluding hydrogens is 344 g/mol. The molecule has 1 heterocycles. The number of carbonyl (C=O) groups is 2. The molecule has 132 valence electrons. The van der Waals surface area contributed by atoms with E-state index in [2.05, 4.69) is 4.98 Å². The number of fused-ring (bicyclic) bond motifs is 1. The first kappa shape index (κ1) is 17.5. The highest BCUT2D eigenvalue weighted by atomic mass is 19.2. The van der Waals surface area contributed by atoms with Crippen molar-refractivity contribution >= 4 is 22.7 Å². The third kappa shape index (κ3) is 3.37. The van der Waals surface area contributed by atoms with Gasteiger partial charge in [0.25, 0.3) is 0 Å². The van der Waals surface area contributed by atoms with Crippen LogP contribution in [0.1, 0.15) is 27.6 Å². The fourth-order valence-corrected chi connectivity index (χ4v) is 2.54. The number of carbonyl (C=O) groups excluding carboxylic acids is 2. The van der Waals surface area contributed by atoms with Gasteiger partial charge in [-0.15, -0.1) is 0 Å². The highest BCUT2D eigenvalue weighted by Crippen LogP contribution is 2.17. The number of esters is 1. The molecule has 0 saturated heterocycles. The van der Waals surface area contributed by atoms with Gasteiger partial charge in [-0.2, -0.15) is 0 Å². The Balaban J connectivity index is 1.87. The van der Waals surface area contributed by atoms with E-state index in [1.54, 1.807) is 24.3 Å². The molecule has 0 spiro atoms. The van der Waals surface area contributed by atoms with Crippen molar-refractivity contribution in [2.75, 3.05) is 0 Å². The van der Waals surface area contributed by atoms with Crippen LogP contribution in [-0.2, 0) is 4.74 Å². The molecule has 7 heteroatoms. The molecule has 0 aliphatic heterocycles. The summed E-state index contributed by atoms with van der Waals surface area (Å²) in [6, 6.07) is 10.4. The minimum atomic E-state index is -1.24. The van der Waals surface area contributed by atoms with Gasteiger partial charge in [0.15, 0.2) is 17.7 Å². The molecule has 1 aromatic heterocycles. The molecule has 0 aliphatic carbocycles. The summed E-state index contributed by atoms with van der Waals surface area (Å²) >= 11 is 0. The lowest BCUT2D eigenvalue weighted by atomic mass is 10.1. The largest absolute Gasteiger partial charge is 0.451 e. The Morgan fingerprint density at radius 1 is 1.04 bits per heavy atom. The van der Waals surface area contributed by atoms with E-state index < -0.39 is 35.1 Å². The van der Waals surface area contributed by atoms with E-state index in [0.717, 1.165) is 24.3 Å². The Bertz CT molecular complexity index is 1070. The zero-order valence-electron chi connectivity index (χ0n) is 13.6. The normalized spacial score (nSPS) is 12.0. The quantitative estimate of drug-likeness (QED) is 0.574. The van der Waals surface area contributed by atoms with E-state index >= 15 is 0 Å². The predicted molar refractivity (Wildman–Crippen MR) is 90.1 cm³/mol. The van der Waals surface area contributed by atoms with E-state index in [-0.39, 0.29) is 11.1 Å². The lowest BCUT2D eigenvalue weighted by molar-refractivity contribution is 0.0320. The molecule has 5 nitrogen and oxygen atoms in total. The lowest BCUT2D eigenvalue weighted by Crippen LogP contribution is -2.25. The third-order valence-corrected chi connectivity index (χ3v) is 3.83. The van der Waals surface area contributed by atoms with Gasteiger partial charge < -0.3 is 9.72 Å². The van der Waals surface area contributed by atoms with Crippen molar-refractivity contribution in [1.29, 1.82) is 0 Å². The molecule has 3 aromatic rings. The number of aromatic amines is 1. The highest BCUT2D eigenvalue weighted by molar-refractivity contribution is 6.05. The SMILES string of the molecule is CC(OC(=O)c1cc(=O)[nH]c2ccccc12)C(=O)c1ccc(F)c(F)c1. The number of ketones is 1. The monoisotopic (exact) mass is 357 g/mol. The number of hydrogen-bond donors (Lipinski definition) is 1. The third-order valence-electron chi connectivity index (χ3n) is 3.83. The minimum absolute atomic E-state index is 0.00860. The Kier molecular flexibility index (Phi) is 4.62. The summed E-state index contributed by atoms with van der Waals surface area (Å²) in [6.07, 6.45) is -1.24. The smallest absolute Gasteiger partial charge is 0.339 e. The first-order valence-corrected chi connectivity index (χ1v) is 7.69. The van der Waals surface area contributed by atoms with Crippen molar-refractivity contribution in [1.82, 2.24) is 4.98 Å². The summed E-state index contributed by atoms with van der Waals surface area (Å²) in [5, 5.41) is 0.463. The fraction of sp³-hybridized carbons (Fsp3) is 0.105. The summed E-state index contributed by atoms with van der Waals surface area (Å²) in [4.78, 5) is 39.0. The van der Waals surface area contributed by atoms with Crippen molar-refractivity contribution in [3.8, 4) is 0 Å². The first-order valence-electron chi connectivity index (χ1n) is 7.69. The number of H-pyrrole nitrogens is 1. The van der Waals surface area contributed by atoms with Gasteiger partial charge in [0, 0.05) is 22.5 Å². The van der Waals surface area contributed by atoms with Gasteiger partial charge in [-0.05, 0) is 31.2 Å². The van der Waals surface area contributed by atoms with Crippen molar-refractivity contribution in [2.24, 2.45) is 0 Å². The van der Waals surface area contributed by atoms with Crippen molar-refractivity contribution in [2.45, 2.75) is 13.0 Å². The average Bonchev–Trinajstić information content (AvgIpc) is 2.62. The zero-order valence-corrected chi connectivity index (χ0v) is 13.6. The van der Waals surface area contributed by atoms with E-state index in [1.807, 2.05) is 0 Å². The van der Waals surface area contributed by atoms with Gasteiger partial charge in [-0.25, -0.2) is 13.6 Å². The molecular formula is C19H13F2NO4. The topological polar surface area (TPSA) is 76.2 Å². The van der Waals surface area contributed by atoms with Crippen LogP contribution >= 0.6 is 0 Å². The van der Waals surface area contributed by atoms with Crippen LogP contribution in [0.4, 0.5) is 8.78 Å². The number of benzene rings is 2. The molecule has 0 radical (unpaired) electrons. The van der Waals surface area contributed by atoms with Crippen LogP contribution in [0.3, 0.4) is 0 Å². The van der Waals surface area contributed by atoms with Crippen molar-refractivity contribution in [3.05, 3.63) is 81.6 Å². The Hall–Kier alpha value is -3.35. The number of halogens is 2. The van der Waals surface area contributed by atoms with Gasteiger partial charge in [0.2, 0.25) is 11.3 Å². The second kappa shape index (κ2) is 6.87. The number of para-hydroxylation sites is 1. The summed E-state index contributed by atoms with van der Waals surface area (Å²) in [7, 11) is 0. The van der Waals surface area contributed by atoms with Crippen LogP contribution in [0.15, 0.2) is 53.3 Å². The number of ether oxygens (including phenoxy) is 1. The molecule has 26 heavy (non-hydrogen) atoms. The van der Waals surface area contributed by atoms with Gasteiger partial charge >= 0.3 is 5.97 Å². The second-order valence-electron chi connectivity index (χ2n) is 5.63. The van der Waals surface area contributed by atoms with Crippen LogP contribution in [0.5, 0.6) is 0 Å². The molecule has 3 rings (SSSR count). The van der Waals surface area contributed by atoms with Crippen LogP contribution in [-0.4, -0.2) is 22.8 Å². The number of hydrogen-bond acceptors (Lipinski definition) is 4. The maximum Gasteiger partial charge on any atom is 0.339 e. The number of aromatic nitrogens is 1. The number of Topliss-reactive ketones (excluding diaryl/α,β-unsaturated/α-hetero) is 1. The van der Waals surface area contributed by atoms with E-state index in [9.17, 15) is 23.2 Å². The summed E-state index contributed by atoms with van der Waals surface area (Å²) in [5.74, 6) is -3.81. The second-order valence-corrected chi connectivity index (χ2v) is 5.63. The van der Waals surface area contributed by atoms with Crippen LogP contribution in [0.2, 0.25) is 0 Å². The molecule has 0 bridgehead atoms. The molecule has 1 atom stereocenters. The van der Waals surface area contributed by atoms with Crippen molar-refractivity contribution in [3.63, 3.8) is 0 Å². The summed E-state index contributed by atoms with van der Waals surface area (Å²) in [6.45, 7) is 1.32. The van der Waals surface area contributed by atoms with Gasteiger partial charge in [-0.1, -0.05) is 18.2 Å². The van der Waals surface area contributed by atoms with E-state index in [1.165, 1.54) is 6.92 Å². The number of pyridine rings is 1. The van der Waals surface area contributed by atoms with Gasteiger partial charge in [-0.3, -0.25) is 9.59 Å². The highest BCUT2D eigenvalue weighted by Gasteiger charge is 2.23. The predicted octanol–water partition coefficient (Wildman–Crippen LogP) is 3.23. The van der Waals surface area contributed by atoms with Crippen molar-refractivity contribution < 1.29 is 23.1 Å². The summed E-state index contributed by atoms with van der Waals surface area (Å²) < 4.78 is 31.4. The molecule has 1 N–H and O–H groups in total. The number of rotatable bonds is 4. The fourth-order valence-electron chi connectivity index (χ4n) is 2.54. The molecule has 0 fully saturated rings. The average molecular weight is 357 g/mol. The van der Waals surface area contributed by atoms with Gasteiger partial charge in [0.05, 0.1) is 5.56 Å². The Labute approximate surface area is 146 Å². The zero-order chi connectivity index (χ0) is 18.8. The Morgan fingerprint density at radius 3 is 2.50 bits per heavy atom. The Morgan fingerprint density at radius 2 is 1.77 bits per heavy atom. The standard InChI is InChI=1S/C19H13F2NO4/c1-10(18(24)11-6-7-14(20)15(21)8-11)26-19(25)13-9-17(23)22-16-5-3-2-4-12(13)16/h2-10H,1H3,(H,22,23). The van der Waals surface area contributed by atoms with Gasteiger partial charge in [0.1, 0.15) is 0 Å². The minimum Gasteiger partial charge on any atom is -0.451 e.